The van der Waals surface area contributed by atoms with E-state index in [1.54, 1.807) is 6.07 Å². The molecule has 0 saturated heterocycles. The van der Waals surface area contributed by atoms with Gasteiger partial charge in [0.25, 0.3) is 0 Å². The Morgan fingerprint density at radius 1 is 0.409 bits per heavy atom. The molecule has 0 unspecified atom stereocenters. The highest BCUT2D eigenvalue weighted by Gasteiger charge is 2.37. The number of hydrogen-bond donors (Lipinski definition) is 2. The number of fused-ring (bicyclic) bond motifs is 13. The van der Waals surface area contributed by atoms with Crippen molar-refractivity contribution in [3.8, 4) is 28.2 Å². The van der Waals surface area contributed by atoms with Crippen LogP contribution in [0.2, 0.25) is 0 Å². The van der Waals surface area contributed by atoms with E-state index in [1.165, 1.54) is 93.9 Å². The number of aromatic nitrogens is 5. The van der Waals surface area contributed by atoms with Gasteiger partial charge in [0, 0.05) is 84.7 Å². The Bertz CT molecular complexity index is 3990. The molecule has 0 bridgehead atoms. The quantitative estimate of drug-likeness (QED) is 0.174. The van der Waals surface area contributed by atoms with Crippen molar-refractivity contribution >= 4 is 78.0 Å². The minimum absolute atomic E-state index is 0.117. The van der Waals surface area contributed by atoms with Crippen molar-refractivity contribution in [1.29, 1.82) is 0 Å². The van der Waals surface area contributed by atoms with Crippen LogP contribution in [-0.4, -0.2) is 40.8 Å². The van der Waals surface area contributed by atoms with Crippen LogP contribution in [0.4, 0.5) is 0 Å². The molecule has 2 aliphatic heterocycles. The van der Waals surface area contributed by atoms with E-state index < -0.39 is 7.12 Å². The monoisotopic (exact) mass is 853 g/mol. The standard InChI is InChI=1S/C38H27N3.C20H17BN2O2/c1-38(2)31-13-8-12-28-30-22-25(16-18-35(30)41(37(28)31)36-19-20-39-23-32(36)38)24-15-17-34-29(21-24)27-11-6-7-14-33(27)40(34)26-9-4-3-5-10-26;1-20(2)15-5-3-4-13-14-10-12(21(24)25)6-7-17(14)23(19(13)15)18-8-9-22-11-16(18)20/h3-23H,1-2H3;3-11,24-25H,1-2H3. The van der Waals surface area contributed by atoms with E-state index in [2.05, 4.69) is 191 Å². The van der Waals surface area contributed by atoms with Gasteiger partial charge in [0.05, 0.1) is 44.5 Å². The zero-order chi connectivity index (χ0) is 44.6. The van der Waals surface area contributed by atoms with Crippen LogP contribution >= 0.6 is 0 Å². The Kier molecular flexibility index (Phi) is 8.12. The Morgan fingerprint density at radius 2 is 0.879 bits per heavy atom. The average molecular weight is 854 g/mol. The molecule has 0 amide bonds. The van der Waals surface area contributed by atoms with Crippen molar-refractivity contribution in [1.82, 2.24) is 23.7 Å². The van der Waals surface area contributed by atoms with Crippen molar-refractivity contribution in [2.24, 2.45) is 0 Å². The lowest BCUT2D eigenvalue weighted by atomic mass is 9.75. The first-order valence-electron chi connectivity index (χ1n) is 22.6. The van der Waals surface area contributed by atoms with Gasteiger partial charge in [0.2, 0.25) is 0 Å². The molecule has 7 aromatic carbocycles. The lowest BCUT2D eigenvalue weighted by Crippen LogP contribution is -2.29. The molecule has 14 rings (SSSR count). The van der Waals surface area contributed by atoms with Crippen LogP contribution in [0.5, 0.6) is 0 Å². The summed E-state index contributed by atoms with van der Waals surface area (Å²) in [5.74, 6) is 0. The van der Waals surface area contributed by atoms with Gasteiger partial charge in [-0.1, -0.05) is 125 Å². The van der Waals surface area contributed by atoms with Gasteiger partial charge >= 0.3 is 7.12 Å². The van der Waals surface area contributed by atoms with E-state index >= 15 is 0 Å². The predicted octanol–water partition coefficient (Wildman–Crippen LogP) is 12.1. The summed E-state index contributed by atoms with van der Waals surface area (Å²) in [7, 11) is -1.47. The summed E-state index contributed by atoms with van der Waals surface area (Å²) in [6, 6.07) is 56.2. The molecular weight excluding hydrogens is 809 g/mol. The summed E-state index contributed by atoms with van der Waals surface area (Å²) in [5, 5.41) is 26.4. The van der Waals surface area contributed by atoms with Gasteiger partial charge in [0.15, 0.2) is 0 Å². The first kappa shape index (κ1) is 38.7. The van der Waals surface area contributed by atoms with Gasteiger partial charge in [-0.3, -0.25) is 9.97 Å². The highest BCUT2D eigenvalue weighted by atomic mass is 16.4. The number of hydrogen-bond acceptors (Lipinski definition) is 4. The Balaban J connectivity index is 0.000000149. The van der Waals surface area contributed by atoms with Crippen LogP contribution in [0.15, 0.2) is 183 Å². The third-order valence-electron chi connectivity index (χ3n) is 14.7. The summed E-state index contributed by atoms with van der Waals surface area (Å²) in [6.45, 7) is 9.09. The molecule has 0 aliphatic carbocycles. The molecule has 0 saturated carbocycles. The Labute approximate surface area is 381 Å². The summed E-state index contributed by atoms with van der Waals surface area (Å²) in [4.78, 5) is 8.85. The van der Waals surface area contributed by atoms with Crippen molar-refractivity contribution in [2.45, 2.75) is 38.5 Å². The van der Waals surface area contributed by atoms with E-state index in [4.69, 9.17) is 0 Å². The summed E-state index contributed by atoms with van der Waals surface area (Å²) < 4.78 is 7.09. The second-order valence-electron chi connectivity index (χ2n) is 18.9. The van der Waals surface area contributed by atoms with Gasteiger partial charge in [-0.05, 0) is 88.4 Å². The van der Waals surface area contributed by atoms with Gasteiger partial charge in [0.1, 0.15) is 0 Å². The van der Waals surface area contributed by atoms with E-state index in [0.717, 1.165) is 22.0 Å². The van der Waals surface area contributed by atoms with Gasteiger partial charge in [-0.2, -0.15) is 0 Å². The minimum Gasteiger partial charge on any atom is -0.423 e. The lowest BCUT2D eigenvalue weighted by Gasteiger charge is -2.34. The second-order valence-corrected chi connectivity index (χ2v) is 18.9. The minimum atomic E-state index is -1.47. The molecule has 2 N–H and O–H groups in total. The van der Waals surface area contributed by atoms with Crippen molar-refractivity contribution < 1.29 is 10.0 Å². The normalized spacial score (nSPS) is 14.2. The number of pyridine rings is 2. The summed E-state index contributed by atoms with van der Waals surface area (Å²) in [6.07, 6.45) is 7.73. The topological polar surface area (TPSA) is 81.0 Å². The maximum atomic E-state index is 9.57. The number of benzene rings is 7. The highest BCUT2D eigenvalue weighted by molar-refractivity contribution is 6.59. The molecular formula is C58H44BN5O2. The first-order valence-corrected chi connectivity index (χ1v) is 22.6. The maximum Gasteiger partial charge on any atom is 0.488 e. The third kappa shape index (κ3) is 5.28. The van der Waals surface area contributed by atoms with Gasteiger partial charge in [-0.15, -0.1) is 0 Å². The van der Waals surface area contributed by atoms with Gasteiger partial charge < -0.3 is 23.7 Å². The number of rotatable bonds is 3. The highest BCUT2D eigenvalue weighted by Crippen LogP contribution is 2.49. The summed E-state index contributed by atoms with van der Waals surface area (Å²) in [5.41, 5.74) is 18.6. The summed E-state index contributed by atoms with van der Waals surface area (Å²) >= 11 is 0. The molecule has 66 heavy (non-hydrogen) atoms. The predicted molar refractivity (Wildman–Crippen MR) is 271 cm³/mol. The molecule has 2 aliphatic rings. The van der Waals surface area contributed by atoms with E-state index in [-0.39, 0.29) is 10.8 Å². The third-order valence-corrected chi connectivity index (χ3v) is 14.7. The van der Waals surface area contributed by atoms with Crippen LogP contribution in [-0.2, 0) is 10.8 Å². The zero-order valence-corrected chi connectivity index (χ0v) is 37.0. The molecule has 7 nitrogen and oxygen atoms in total. The van der Waals surface area contributed by atoms with Crippen molar-refractivity contribution in [3.05, 3.63) is 205 Å². The molecule has 316 valence electrons. The van der Waals surface area contributed by atoms with Crippen LogP contribution in [0.1, 0.15) is 49.9 Å². The SMILES string of the molecule is CC1(C)c2cnccc2-n2c3ccc(-c4ccc5c(c4)c4ccccc4n5-c4ccccc4)cc3c3cccc1c32.CC1(C)c2cnccc2-n2c3ccc(B(O)O)cc3c3cccc1c32. The molecule has 7 heterocycles. The van der Waals surface area contributed by atoms with Gasteiger partial charge in [-0.25, -0.2) is 0 Å². The van der Waals surface area contributed by atoms with Crippen LogP contribution in [0, 0.1) is 0 Å². The molecule has 5 aromatic heterocycles. The fraction of sp³-hybridized carbons (Fsp3) is 0.103. The molecule has 0 atom stereocenters. The number of nitrogens with zero attached hydrogens (tertiary/aromatic N) is 5. The van der Waals surface area contributed by atoms with Crippen LogP contribution in [0.3, 0.4) is 0 Å². The Hall–Kier alpha value is -7.78. The zero-order valence-electron chi connectivity index (χ0n) is 37.0. The van der Waals surface area contributed by atoms with E-state index in [9.17, 15) is 10.0 Å². The smallest absolute Gasteiger partial charge is 0.423 e. The van der Waals surface area contributed by atoms with E-state index in [1.807, 2.05) is 36.9 Å². The molecule has 0 spiro atoms. The fourth-order valence-corrected chi connectivity index (χ4v) is 11.4. The van der Waals surface area contributed by atoms with Crippen molar-refractivity contribution in [3.63, 3.8) is 0 Å². The van der Waals surface area contributed by atoms with E-state index in [0.29, 0.717) is 5.46 Å². The second kappa shape index (κ2) is 13.9. The van der Waals surface area contributed by atoms with Crippen LogP contribution < -0.4 is 5.46 Å². The molecule has 0 radical (unpaired) electrons. The van der Waals surface area contributed by atoms with Crippen molar-refractivity contribution in [2.75, 3.05) is 0 Å². The first-order chi connectivity index (χ1) is 32.1. The molecule has 8 heteroatoms. The molecule has 12 aromatic rings. The lowest BCUT2D eigenvalue weighted by molar-refractivity contribution is 0.426. The Morgan fingerprint density at radius 3 is 1.45 bits per heavy atom. The average Bonchev–Trinajstić information content (AvgIpc) is 3.99. The van der Waals surface area contributed by atoms with Crippen LogP contribution in [0.25, 0.3) is 93.6 Å². The fourth-order valence-electron chi connectivity index (χ4n) is 11.4. The number of para-hydroxylation sites is 4. The largest absolute Gasteiger partial charge is 0.488 e. The maximum absolute atomic E-state index is 9.57. The molecule has 0 fully saturated rings.